The highest BCUT2D eigenvalue weighted by Crippen LogP contribution is 2.33. The van der Waals surface area contributed by atoms with E-state index in [2.05, 4.69) is 15.3 Å². The zero-order valence-electron chi connectivity index (χ0n) is 11.4. The van der Waals surface area contributed by atoms with Gasteiger partial charge in [0.2, 0.25) is 0 Å². The third kappa shape index (κ3) is 2.22. The van der Waals surface area contributed by atoms with Crippen molar-refractivity contribution in [3.8, 4) is 11.5 Å². The van der Waals surface area contributed by atoms with Crippen LogP contribution in [-0.4, -0.2) is 29.2 Å². The summed E-state index contributed by atoms with van der Waals surface area (Å²) in [5.74, 6) is 2.59. The van der Waals surface area contributed by atoms with Gasteiger partial charge in [-0.15, -0.1) is 0 Å². The van der Waals surface area contributed by atoms with Crippen molar-refractivity contribution in [2.45, 2.75) is 38.3 Å². The molecule has 2 heterocycles. The van der Waals surface area contributed by atoms with E-state index in [-0.39, 0.29) is 0 Å². The Bertz CT molecular complexity index is 574. The van der Waals surface area contributed by atoms with Crippen LogP contribution in [0.1, 0.15) is 31.5 Å². The van der Waals surface area contributed by atoms with Crippen LogP contribution in [0.25, 0.3) is 11.0 Å². The Kier molecular flexibility index (Phi) is 2.99. The Morgan fingerprint density at radius 3 is 2.70 bits per heavy atom. The summed E-state index contributed by atoms with van der Waals surface area (Å²) in [5.41, 5.74) is 1.95. The van der Waals surface area contributed by atoms with Crippen molar-refractivity contribution in [1.82, 2.24) is 15.3 Å². The molecule has 0 saturated heterocycles. The minimum absolute atomic E-state index is 0.610. The molecule has 2 N–H and O–H groups in total. The van der Waals surface area contributed by atoms with Crippen LogP contribution in [0.4, 0.5) is 0 Å². The van der Waals surface area contributed by atoms with Crippen molar-refractivity contribution in [3.63, 3.8) is 0 Å². The monoisotopic (exact) mass is 273 g/mol. The fraction of sp³-hybridized carbons (Fsp3) is 0.533. The minimum Gasteiger partial charge on any atom is -0.486 e. The van der Waals surface area contributed by atoms with Gasteiger partial charge in [-0.25, -0.2) is 4.98 Å². The van der Waals surface area contributed by atoms with E-state index < -0.39 is 0 Å². The summed E-state index contributed by atoms with van der Waals surface area (Å²) in [5, 5.41) is 3.57. The summed E-state index contributed by atoms with van der Waals surface area (Å²) >= 11 is 0. The highest BCUT2D eigenvalue weighted by Gasteiger charge is 2.16. The van der Waals surface area contributed by atoms with Gasteiger partial charge in [0.1, 0.15) is 19.0 Å². The van der Waals surface area contributed by atoms with Gasteiger partial charge in [0.05, 0.1) is 17.6 Å². The zero-order chi connectivity index (χ0) is 13.4. The Balaban J connectivity index is 1.55. The van der Waals surface area contributed by atoms with Crippen LogP contribution >= 0.6 is 0 Å². The number of aromatic nitrogens is 2. The van der Waals surface area contributed by atoms with E-state index in [1.807, 2.05) is 12.1 Å². The molecule has 20 heavy (non-hydrogen) atoms. The predicted molar refractivity (Wildman–Crippen MR) is 76.2 cm³/mol. The summed E-state index contributed by atoms with van der Waals surface area (Å²) in [6.45, 7) is 2.02. The van der Waals surface area contributed by atoms with Crippen LogP contribution in [0.15, 0.2) is 12.1 Å². The van der Waals surface area contributed by atoms with E-state index in [1.54, 1.807) is 0 Å². The standard InChI is InChI=1S/C15H19N3O2/c1-2-4-10(3-1)16-9-15-17-11-7-13-14(8-12(11)18-15)20-6-5-19-13/h7-8,10,16H,1-6,9H2,(H,17,18). The molecule has 2 aromatic rings. The average molecular weight is 273 g/mol. The molecule has 0 unspecified atom stereocenters. The molecule has 1 fully saturated rings. The van der Waals surface area contributed by atoms with E-state index in [0.29, 0.717) is 19.3 Å². The van der Waals surface area contributed by atoms with Crippen molar-refractivity contribution >= 4 is 11.0 Å². The van der Waals surface area contributed by atoms with E-state index in [0.717, 1.165) is 34.9 Å². The number of imidazole rings is 1. The van der Waals surface area contributed by atoms with Crippen LogP contribution in [-0.2, 0) is 6.54 Å². The second-order valence-electron chi connectivity index (χ2n) is 5.56. The molecule has 4 rings (SSSR count). The largest absolute Gasteiger partial charge is 0.486 e. The highest BCUT2D eigenvalue weighted by molar-refractivity contribution is 5.79. The van der Waals surface area contributed by atoms with Crippen LogP contribution in [0.3, 0.4) is 0 Å². The topological polar surface area (TPSA) is 59.2 Å². The van der Waals surface area contributed by atoms with E-state index in [1.165, 1.54) is 25.7 Å². The van der Waals surface area contributed by atoms with E-state index in [9.17, 15) is 0 Å². The SMILES string of the molecule is c1c2c(cc3[nH]c(CNC4CCCC4)nc13)OCCO2. The number of fused-ring (bicyclic) bond motifs is 2. The first-order valence-corrected chi connectivity index (χ1v) is 7.40. The lowest BCUT2D eigenvalue weighted by Crippen LogP contribution is -2.25. The molecule has 1 aromatic carbocycles. The Labute approximate surface area is 117 Å². The van der Waals surface area contributed by atoms with E-state index >= 15 is 0 Å². The number of nitrogens with zero attached hydrogens (tertiary/aromatic N) is 1. The Hall–Kier alpha value is -1.75. The highest BCUT2D eigenvalue weighted by atomic mass is 16.6. The van der Waals surface area contributed by atoms with Crippen molar-refractivity contribution in [1.29, 1.82) is 0 Å². The fourth-order valence-electron chi connectivity index (χ4n) is 3.05. The van der Waals surface area contributed by atoms with Gasteiger partial charge in [-0.1, -0.05) is 12.8 Å². The van der Waals surface area contributed by atoms with Crippen molar-refractivity contribution in [2.75, 3.05) is 13.2 Å². The maximum atomic E-state index is 5.59. The third-order valence-corrected chi connectivity index (χ3v) is 4.11. The molecule has 1 aromatic heterocycles. The van der Waals surface area contributed by atoms with Gasteiger partial charge in [0.25, 0.3) is 0 Å². The number of rotatable bonds is 3. The zero-order valence-corrected chi connectivity index (χ0v) is 11.4. The molecule has 2 aliphatic rings. The quantitative estimate of drug-likeness (QED) is 0.901. The second-order valence-corrected chi connectivity index (χ2v) is 5.56. The van der Waals surface area contributed by atoms with Gasteiger partial charge in [0.15, 0.2) is 11.5 Å². The molecule has 106 valence electrons. The maximum absolute atomic E-state index is 5.59. The summed E-state index contributed by atoms with van der Waals surface area (Å²) in [6.07, 6.45) is 5.27. The van der Waals surface area contributed by atoms with Crippen molar-refractivity contribution in [3.05, 3.63) is 18.0 Å². The molecule has 0 radical (unpaired) electrons. The maximum Gasteiger partial charge on any atom is 0.163 e. The molecule has 1 aliphatic carbocycles. The molecule has 0 bridgehead atoms. The normalized spacial score (nSPS) is 18.8. The molecular weight excluding hydrogens is 254 g/mol. The number of aromatic amines is 1. The smallest absolute Gasteiger partial charge is 0.163 e. The number of H-pyrrole nitrogens is 1. The molecule has 0 amide bonds. The summed E-state index contributed by atoms with van der Waals surface area (Å²) in [7, 11) is 0. The van der Waals surface area contributed by atoms with Gasteiger partial charge >= 0.3 is 0 Å². The molecule has 5 heteroatoms. The molecule has 1 aliphatic heterocycles. The lowest BCUT2D eigenvalue weighted by molar-refractivity contribution is 0.172. The predicted octanol–water partition coefficient (Wildman–Crippen LogP) is 2.37. The van der Waals surface area contributed by atoms with Crippen molar-refractivity contribution in [2.24, 2.45) is 0 Å². The third-order valence-electron chi connectivity index (χ3n) is 4.11. The Morgan fingerprint density at radius 1 is 1.15 bits per heavy atom. The van der Waals surface area contributed by atoms with Gasteiger partial charge in [0, 0.05) is 18.2 Å². The summed E-state index contributed by atoms with van der Waals surface area (Å²) in [4.78, 5) is 7.99. The lowest BCUT2D eigenvalue weighted by Gasteiger charge is -2.17. The number of hydrogen-bond acceptors (Lipinski definition) is 4. The van der Waals surface area contributed by atoms with Gasteiger partial charge in [-0.3, -0.25) is 0 Å². The number of nitrogens with one attached hydrogen (secondary N) is 2. The average Bonchev–Trinajstić information content (AvgIpc) is 3.11. The van der Waals surface area contributed by atoms with E-state index in [4.69, 9.17) is 9.47 Å². The summed E-state index contributed by atoms with van der Waals surface area (Å²) in [6, 6.07) is 4.60. The number of ether oxygens (including phenoxy) is 2. The fourth-order valence-corrected chi connectivity index (χ4v) is 3.05. The molecule has 0 atom stereocenters. The Morgan fingerprint density at radius 2 is 1.90 bits per heavy atom. The van der Waals surface area contributed by atoms with Crippen LogP contribution in [0.5, 0.6) is 11.5 Å². The van der Waals surface area contributed by atoms with Crippen molar-refractivity contribution < 1.29 is 9.47 Å². The number of benzene rings is 1. The van der Waals surface area contributed by atoms with Crippen LogP contribution in [0.2, 0.25) is 0 Å². The molecule has 1 saturated carbocycles. The molecule has 5 nitrogen and oxygen atoms in total. The minimum atomic E-state index is 0.610. The van der Waals surface area contributed by atoms with Crippen LogP contribution in [0, 0.1) is 0 Å². The number of hydrogen-bond donors (Lipinski definition) is 2. The first kappa shape index (κ1) is 12.0. The van der Waals surface area contributed by atoms with Gasteiger partial charge in [-0.2, -0.15) is 0 Å². The lowest BCUT2D eigenvalue weighted by atomic mass is 10.2. The second kappa shape index (κ2) is 4.98. The van der Waals surface area contributed by atoms with Gasteiger partial charge < -0.3 is 19.8 Å². The van der Waals surface area contributed by atoms with Crippen LogP contribution < -0.4 is 14.8 Å². The van der Waals surface area contributed by atoms with Gasteiger partial charge in [-0.05, 0) is 12.8 Å². The summed E-state index contributed by atoms with van der Waals surface area (Å²) < 4.78 is 11.2. The molecular formula is C15H19N3O2. The first-order valence-electron chi connectivity index (χ1n) is 7.40. The molecule has 0 spiro atoms. The first-order chi connectivity index (χ1) is 9.88.